The summed E-state index contributed by atoms with van der Waals surface area (Å²) < 4.78 is 6.65. The molecular formula is C13H16N2O3. The second-order valence-corrected chi connectivity index (χ2v) is 5.18. The van der Waals surface area contributed by atoms with Crippen LogP contribution in [-0.4, -0.2) is 30.7 Å². The molecule has 1 N–H and O–H groups in total. The predicted molar refractivity (Wildman–Crippen MR) is 65.4 cm³/mol. The second-order valence-electron chi connectivity index (χ2n) is 5.18. The van der Waals surface area contributed by atoms with E-state index in [1.165, 1.54) is 7.11 Å². The summed E-state index contributed by atoms with van der Waals surface area (Å²) in [5.41, 5.74) is 0.400. The Bertz CT molecular complexity index is 551. The number of aromatic nitrogens is 1. The van der Waals surface area contributed by atoms with Gasteiger partial charge in [-0.3, -0.25) is 9.59 Å². The quantitative estimate of drug-likeness (QED) is 0.716. The van der Waals surface area contributed by atoms with Crippen LogP contribution in [0.25, 0.3) is 0 Å². The number of piperidine rings is 1. The molecule has 0 amide bonds. The number of hydrogen-bond acceptors (Lipinski definition) is 4. The molecule has 0 spiro atoms. The van der Waals surface area contributed by atoms with Gasteiger partial charge in [0.2, 0.25) is 0 Å². The van der Waals surface area contributed by atoms with Crippen molar-refractivity contribution in [1.29, 1.82) is 0 Å². The molecule has 2 aliphatic rings. The first-order valence-electron chi connectivity index (χ1n) is 6.15. The van der Waals surface area contributed by atoms with E-state index in [2.05, 4.69) is 5.32 Å². The van der Waals surface area contributed by atoms with E-state index in [0.717, 1.165) is 18.7 Å². The van der Waals surface area contributed by atoms with Gasteiger partial charge in [-0.15, -0.1) is 0 Å². The fraction of sp³-hybridized carbons (Fsp3) is 0.538. The van der Waals surface area contributed by atoms with Crippen LogP contribution < -0.4 is 10.9 Å². The van der Waals surface area contributed by atoms with E-state index < -0.39 is 5.41 Å². The average molecular weight is 248 g/mol. The molecule has 1 aromatic rings. The zero-order chi connectivity index (χ0) is 12.8. The summed E-state index contributed by atoms with van der Waals surface area (Å²) in [7, 11) is 1.41. The van der Waals surface area contributed by atoms with Crippen molar-refractivity contribution in [3.63, 3.8) is 0 Å². The normalized spacial score (nSPS) is 29.5. The standard InChI is InChI=1S/C13H16N2O3/c1-18-12(17)13-5-9(6-14-7-13)10-3-2-4-11(16)15(10)8-13/h2-4,9,14H,5-8H2,1H3/t9-,13-/m1/s1. The highest BCUT2D eigenvalue weighted by atomic mass is 16.5. The van der Waals surface area contributed by atoms with E-state index in [1.54, 1.807) is 16.7 Å². The number of pyridine rings is 1. The van der Waals surface area contributed by atoms with Crippen LogP contribution in [0.2, 0.25) is 0 Å². The summed E-state index contributed by atoms with van der Waals surface area (Å²) >= 11 is 0. The van der Waals surface area contributed by atoms with Crippen LogP contribution >= 0.6 is 0 Å². The molecule has 1 aromatic heterocycles. The van der Waals surface area contributed by atoms with Crippen LogP contribution in [0.1, 0.15) is 18.0 Å². The van der Waals surface area contributed by atoms with Gasteiger partial charge in [0.1, 0.15) is 0 Å². The average Bonchev–Trinajstić information content (AvgIpc) is 2.39. The molecule has 3 heterocycles. The van der Waals surface area contributed by atoms with Crippen LogP contribution in [0.15, 0.2) is 23.0 Å². The number of fused-ring (bicyclic) bond motifs is 4. The van der Waals surface area contributed by atoms with Gasteiger partial charge in [0.05, 0.1) is 12.5 Å². The first-order chi connectivity index (χ1) is 8.66. The molecule has 0 unspecified atom stereocenters. The highest BCUT2D eigenvalue weighted by molar-refractivity contribution is 5.77. The lowest BCUT2D eigenvalue weighted by Crippen LogP contribution is -2.56. The molecule has 5 nitrogen and oxygen atoms in total. The van der Waals surface area contributed by atoms with Gasteiger partial charge < -0.3 is 14.6 Å². The summed E-state index contributed by atoms with van der Waals surface area (Å²) in [5.74, 6) is -0.0124. The van der Waals surface area contributed by atoms with E-state index in [0.29, 0.717) is 13.1 Å². The maximum atomic E-state index is 12.0. The first kappa shape index (κ1) is 11.5. The fourth-order valence-corrected chi connectivity index (χ4v) is 3.23. The molecule has 2 atom stereocenters. The van der Waals surface area contributed by atoms with E-state index in [4.69, 9.17) is 4.74 Å². The third kappa shape index (κ3) is 1.50. The number of carbonyl (C=O) groups excluding carboxylic acids is 1. The maximum absolute atomic E-state index is 12.0. The van der Waals surface area contributed by atoms with Crippen LogP contribution in [0.4, 0.5) is 0 Å². The monoisotopic (exact) mass is 248 g/mol. The third-order valence-electron chi connectivity index (χ3n) is 4.07. The van der Waals surface area contributed by atoms with Crippen molar-refractivity contribution in [2.45, 2.75) is 18.9 Å². The van der Waals surface area contributed by atoms with E-state index >= 15 is 0 Å². The largest absolute Gasteiger partial charge is 0.469 e. The fourth-order valence-electron chi connectivity index (χ4n) is 3.23. The van der Waals surface area contributed by atoms with E-state index in [1.807, 2.05) is 6.07 Å². The highest BCUT2D eigenvalue weighted by Crippen LogP contribution is 2.41. The lowest BCUT2D eigenvalue weighted by molar-refractivity contribution is -0.156. The Morgan fingerprint density at radius 2 is 2.39 bits per heavy atom. The zero-order valence-corrected chi connectivity index (χ0v) is 10.3. The molecule has 2 bridgehead atoms. The summed E-state index contributed by atoms with van der Waals surface area (Å²) in [6.45, 7) is 1.80. The van der Waals surface area contributed by atoms with Gasteiger partial charge in [-0.2, -0.15) is 0 Å². The molecule has 3 rings (SSSR count). The molecule has 5 heteroatoms. The summed E-state index contributed by atoms with van der Waals surface area (Å²) in [5, 5.41) is 3.29. The topological polar surface area (TPSA) is 60.3 Å². The SMILES string of the molecule is COC(=O)[C@@]12CNC[C@@H](C1)c1cccc(=O)n1C2. The van der Waals surface area contributed by atoms with Crippen molar-refractivity contribution in [2.75, 3.05) is 20.2 Å². The molecule has 1 saturated heterocycles. The minimum atomic E-state index is -0.587. The molecule has 0 aliphatic carbocycles. The van der Waals surface area contributed by atoms with E-state index in [9.17, 15) is 9.59 Å². The van der Waals surface area contributed by atoms with Gasteiger partial charge in [0.15, 0.2) is 0 Å². The number of esters is 1. The Kier molecular flexibility index (Phi) is 2.52. The van der Waals surface area contributed by atoms with Crippen molar-refractivity contribution in [1.82, 2.24) is 9.88 Å². The number of methoxy groups -OCH3 is 1. The van der Waals surface area contributed by atoms with Gasteiger partial charge in [-0.05, 0) is 12.5 Å². The van der Waals surface area contributed by atoms with Crippen LogP contribution in [0.3, 0.4) is 0 Å². The number of hydrogen-bond donors (Lipinski definition) is 1. The van der Waals surface area contributed by atoms with Crippen LogP contribution in [0.5, 0.6) is 0 Å². The number of carbonyl (C=O) groups is 1. The Morgan fingerprint density at radius 1 is 1.56 bits per heavy atom. The Hall–Kier alpha value is -1.62. The Morgan fingerprint density at radius 3 is 3.17 bits per heavy atom. The molecule has 1 fully saturated rings. The minimum absolute atomic E-state index is 0.0348. The first-order valence-corrected chi connectivity index (χ1v) is 6.15. The Balaban J connectivity index is 2.12. The zero-order valence-electron chi connectivity index (χ0n) is 10.3. The van der Waals surface area contributed by atoms with Crippen molar-refractivity contribution < 1.29 is 9.53 Å². The van der Waals surface area contributed by atoms with Gasteiger partial charge in [0, 0.05) is 37.3 Å². The number of nitrogens with one attached hydrogen (secondary N) is 1. The highest BCUT2D eigenvalue weighted by Gasteiger charge is 2.48. The number of rotatable bonds is 1. The molecule has 96 valence electrons. The van der Waals surface area contributed by atoms with Crippen molar-refractivity contribution >= 4 is 5.97 Å². The maximum Gasteiger partial charge on any atom is 0.314 e. The molecule has 18 heavy (non-hydrogen) atoms. The van der Waals surface area contributed by atoms with Crippen LogP contribution in [-0.2, 0) is 16.1 Å². The van der Waals surface area contributed by atoms with Gasteiger partial charge in [-0.25, -0.2) is 0 Å². The summed E-state index contributed by atoms with van der Waals surface area (Å²) in [6, 6.07) is 5.30. The third-order valence-corrected chi connectivity index (χ3v) is 4.07. The second kappa shape index (κ2) is 3.95. The number of ether oxygens (including phenoxy) is 1. The minimum Gasteiger partial charge on any atom is -0.469 e. The summed E-state index contributed by atoms with van der Waals surface area (Å²) in [4.78, 5) is 24.0. The smallest absolute Gasteiger partial charge is 0.314 e. The molecule has 0 radical (unpaired) electrons. The van der Waals surface area contributed by atoms with Gasteiger partial charge in [-0.1, -0.05) is 6.07 Å². The van der Waals surface area contributed by atoms with Crippen LogP contribution in [0, 0.1) is 5.41 Å². The van der Waals surface area contributed by atoms with Crippen molar-refractivity contribution in [3.05, 3.63) is 34.2 Å². The molecule has 0 saturated carbocycles. The number of nitrogens with zero attached hydrogens (tertiary/aromatic N) is 1. The van der Waals surface area contributed by atoms with E-state index in [-0.39, 0.29) is 17.4 Å². The molecule has 2 aliphatic heterocycles. The van der Waals surface area contributed by atoms with Crippen molar-refractivity contribution in [3.8, 4) is 0 Å². The molecular weight excluding hydrogens is 232 g/mol. The molecule has 0 aromatic carbocycles. The lowest BCUT2D eigenvalue weighted by Gasteiger charge is -2.44. The Labute approximate surface area is 105 Å². The predicted octanol–water partition coefficient (Wildman–Crippen LogP) is 0.0982. The van der Waals surface area contributed by atoms with Gasteiger partial charge >= 0.3 is 5.97 Å². The lowest BCUT2D eigenvalue weighted by atomic mass is 9.72. The van der Waals surface area contributed by atoms with Gasteiger partial charge in [0.25, 0.3) is 5.56 Å². The summed E-state index contributed by atoms with van der Waals surface area (Å²) in [6.07, 6.45) is 0.760. The van der Waals surface area contributed by atoms with Crippen molar-refractivity contribution in [2.24, 2.45) is 5.41 Å².